The highest BCUT2D eigenvalue weighted by Gasteiger charge is 2.12. The van der Waals surface area contributed by atoms with Crippen LogP contribution in [0.2, 0.25) is 0 Å². The number of phenols is 1. The van der Waals surface area contributed by atoms with Crippen LogP contribution in [0.4, 0.5) is 0 Å². The van der Waals surface area contributed by atoms with Crippen molar-refractivity contribution in [2.45, 2.75) is 39.5 Å². The number of halogens is 8. The van der Waals surface area contributed by atoms with Crippen LogP contribution in [0.25, 0.3) is 0 Å². The normalized spacial score (nSPS) is 10.3. The molecule has 4 aromatic heterocycles. The molecule has 8 aromatic rings. The number of aromatic nitrogens is 4. The van der Waals surface area contributed by atoms with Gasteiger partial charge < -0.3 is 70.9 Å². The van der Waals surface area contributed by atoms with Crippen LogP contribution in [0, 0.1) is 0 Å². The Bertz CT molecular complexity index is 3390. The molecular weight excluding hydrogens is 1630 g/mol. The monoisotopic (exact) mass is 1690 g/mol. The highest BCUT2D eigenvalue weighted by molar-refractivity contribution is 9.11. The van der Waals surface area contributed by atoms with Gasteiger partial charge in [0.05, 0.1) is 38.7 Å². The number of ether oxygens (including phenoxy) is 3. The number of carboxylic acids is 1. The molecule has 0 aliphatic heterocycles. The predicted molar refractivity (Wildman–Crippen MR) is 369 cm³/mol. The number of H-pyrrole nitrogens is 4. The second-order valence-corrected chi connectivity index (χ2v) is 25.4. The second kappa shape index (κ2) is 40.4. The van der Waals surface area contributed by atoms with E-state index in [0.717, 1.165) is 97.5 Å². The van der Waals surface area contributed by atoms with Crippen LogP contribution in [0.15, 0.2) is 158 Å². The number of hydrogen-bond acceptors (Lipinski definition) is 10. The van der Waals surface area contributed by atoms with Gasteiger partial charge in [0.25, 0.3) is 17.7 Å². The Morgan fingerprint density at radius 3 is 1.13 bits per heavy atom. The Hall–Kier alpha value is -5.16. The number of aromatic amines is 4. The summed E-state index contributed by atoms with van der Waals surface area (Å²) >= 11 is 26.7. The quantitative estimate of drug-likeness (QED) is 0.0285. The van der Waals surface area contributed by atoms with Crippen LogP contribution in [-0.2, 0) is 25.7 Å². The number of aromatic carboxylic acids is 1. The van der Waals surface area contributed by atoms with E-state index in [0.29, 0.717) is 60.8 Å². The van der Waals surface area contributed by atoms with E-state index >= 15 is 0 Å². The van der Waals surface area contributed by atoms with Crippen molar-refractivity contribution in [2.24, 2.45) is 5.73 Å². The predicted octanol–water partition coefficient (Wildman–Crippen LogP) is 14.7. The van der Waals surface area contributed by atoms with Crippen molar-refractivity contribution in [1.29, 1.82) is 0 Å². The van der Waals surface area contributed by atoms with Crippen LogP contribution < -0.4 is 35.9 Å². The lowest BCUT2D eigenvalue weighted by Crippen LogP contribution is -2.25. The molecule has 0 radical (unpaired) electrons. The Kier molecular flexibility index (Phi) is 35.3. The van der Waals surface area contributed by atoms with E-state index in [2.05, 4.69) is 182 Å². The number of carboxylic acid groups (broad SMARTS) is 1. The summed E-state index contributed by atoms with van der Waals surface area (Å²) in [6, 6.07) is 30.0. The Morgan fingerprint density at radius 2 is 0.837 bits per heavy atom. The van der Waals surface area contributed by atoms with Crippen LogP contribution in [0.3, 0.4) is 0 Å². The summed E-state index contributed by atoms with van der Waals surface area (Å²) in [6.07, 6.45) is 10.9. The lowest BCUT2D eigenvalue weighted by atomic mass is 10.1. The van der Waals surface area contributed by atoms with Gasteiger partial charge in [0.15, 0.2) is 0 Å². The van der Waals surface area contributed by atoms with Crippen molar-refractivity contribution in [3.8, 4) is 23.0 Å². The number of carbonyl (C=O) groups is 4. The van der Waals surface area contributed by atoms with Gasteiger partial charge in [-0.25, -0.2) is 4.79 Å². The van der Waals surface area contributed by atoms with Gasteiger partial charge in [-0.2, -0.15) is 0 Å². The molecule has 0 fully saturated rings. The van der Waals surface area contributed by atoms with Gasteiger partial charge in [-0.3, -0.25) is 14.4 Å². The Morgan fingerprint density at radius 1 is 0.500 bits per heavy atom. The number of methoxy groups -OCH3 is 2. The van der Waals surface area contributed by atoms with Gasteiger partial charge in [0, 0.05) is 68.9 Å². The van der Waals surface area contributed by atoms with E-state index in [1.165, 1.54) is 11.6 Å². The highest BCUT2D eigenvalue weighted by atomic mass is 79.9. The van der Waals surface area contributed by atoms with Crippen molar-refractivity contribution >= 4 is 151 Å². The molecule has 0 bridgehead atoms. The summed E-state index contributed by atoms with van der Waals surface area (Å²) in [5.74, 6) is 1.43. The SMILES string of the molecule is C.CN(C)CCCOc1ccc(CCNC(=O)c2cc(Br)c[nH]2)cc1Br.COc1ccc(CCN)cc1Br.COc1ccc(CCNC(=O)c2cc(Br)c[nH]2)cc1Br.O=C(NCCc1ccc(O)c(Br)c1)c1cc(Br)c[nH]1.O=C(O)c1cc(Br)c[nH]1. The number of nitrogens with two attached hydrogens (primary N) is 1. The molecule has 0 aliphatic rings. The molecule has 0 unspecified atom stereocenters. The lowest BCUT2D eigenvalue weighted by Gasteiger charge is -2.12. The summed E-state index contributed by atoms with van der Waals surface area (Å²) < 4.78 is 22.9. The van der Waals surface area contributed by atoms with Crippen LogP contribution in [-0.4, -0.2) is 126 Å². The average molecular weight is 1700 g/mol. The maximum Gasteiger partial charge on any atom is 0.352 e. The van der Waals surface area contributed by atoms with E-state index in [1.54, 1.807) is 63.3 Å². The zero-order valence-electron chi connectivity index (χ0n) is 46.6. The molecule has 0 spiro atoms. The summed E-state index contributed by atoms with van der Waals surface area (Å²) in [5.41, 5.74) is 11.8. The minimum Gasteiger partial charge on any atom is -0.507 e. The lowest BCUT2D eigenvalue weighted by molar-refractivity contribution is 0.0690. The highest BCUT2D eigenvalue weighted by Crippen LogP contribution is 2.29. The maximum absolute atomic E-state index is 12.0. The van der Waals surface area contributed by atoms with E-state index in [4.69, 9.17) is 25.1 Å². The summed E-state index contributed by atoms with van der Waals surface area (Å²) in [6.45, 7) is 4.06. The second-order valence-electron chi connectivity index (χ2n) is 18.3. The van der Waals surface area contributed by atoms with E-state index in [1.807, 2.05) is 66.7 Å². The first-order valence-corrected chi connectivity index (χ1v) is 32.3. The largest absolute Gasteiger partial charge is 0.507 e. The van der Waals surface area contributed by atoms with Crippen molar-refractivity contribution in [3.05, 3.63) is 203 Å². The average Bonchev–Trinajstić information content (AvgIpc) is 4.45. The Balaban J connectivity index is 0.000000291. The molecule has 464 valence electrons. The third kappa shape index (κ3) is 27.9. The number of amides is 3. The fourth-order valence-corrected chi connectivity index (χ4v) is 10.7. The van der Waals surface area contributed by atoms with Gasteiger partial charge in [-0.1, -0.05) is 31.7 Å². The first kappa shape index (κ1) is 75.1. The van der Waals surface area contributed by atoms with Crippen LogP contribution >= 0.6 is 127 Å². The molecule has 8 rings (SSSR count). The molecule has 4 aromatic carbocycles. The number of nitrogens with one attached hydrogen (secondary N) is 7. The standard InChI is InChI=1S/C18H23Br2N3O2.C14H14Br2N2O2.C13H12Br2N2O2.C9H12BrNO.C5H4BrNO2.CH4/c1-23(2)8-3-9-25-17-5-4-13(10-15(17)20)6-7-21-18(24)16-11-14(19)12-22-16;1-20-13-3-2-9(6-11(13)16)4-5-17-14(19)12-7-10(15)8-18-12;14-9-6-11(17-7-9)13(19)16-4-3-8-1-2-12(18)10(15)5-8;1-12-9-3-2-7(4-5-11)6-8(9)10;6-3-1-4(5(8)9)7-2-3;/h4-5,10-12,22H,3,6-9H2,1-2H3,(H,21,24);2-3,6-8,18H,4-5H2,1H3,(H,17,19);1-2,5-7,17-18H,3-4H2,(H,16,19);2-3,6H,4-5,11H2,1H3;1-2,7H,(H,8,9);1H4. The topological polar surface area (TPSA) is 265 Å². The first-order chi connectivity index (χ1) is 40.6. The van der Waals surface area contributed by atoms with Gasteiger partial charge in [-0.15, -0.1) is 0 Å². The molecule has 4 heterocycles. The van der Waals surface area contributed by atoms with Gasteiger partial charge >= 0.3 is 5.97 Å². The molecule has 0 saturated heterocycles. The number of nitrogens with zero attached hydrogens (tertiary/aromatic N) is 1. The van der Waals surface area contributed by atoms with Crippen LogP contribution in [0.1, 0.15) is 78.1 Å². The van der Waals surface area contributed by atoms with E-state index in [-0.39, 0.29) is 36.6 Å². The fraction of sp³-hybridized carbons (Fsp3) is 0.267. The number of phenolic OH excluding ortho intramolecular Hbond substituents is 1. The number of rotatable bonds is 22. The van der Waals surface area contributed by atoms with Crippen molar-refractivity contribution in [2.75, 3.05) is 67.6 Å². The van der Waals surface area contributed by atoms with Crippen molar-refractivity contribution in [3.63, 3.8) is 0 Å². The molecule has 11 N–H and O–H groups in total. The van der Waals surface area contributed by atoms with Gasteiger partial charge in [0.1, 0.15) is 45.8 Å². The first-order valence-electron chi connectivity index (χ1n) is 25.9. The number of carbonyl (C=O) groups excluding carboxylic acids is 3. The molecule has 0 saturated carbocycles. The van der Waals surface area contributed by atoms with Crippen molar-refractivity contribution in [1.82, 2.24) is 40.8 Å². The summed E-state index contributed by atoms with van der Waals surface area (Å²) in [7, 11) is 7.40. The molecule has 26 heteroatoms. The third-order valence-corrected chi connectivity index (χ3v) is 15.9. The Labute approximate surface area is 568 Å². The summed E-state index contributed by atoms with van der Waals surface area (Å²) in [5, 5.41) is 26.3. The molecular formula is C60H69Br8N9O9. The zero-order chi connectivity index (χ0) is 62.4. The number of aromatic hydroxyl groups is 1. The maximum atomic E-state index is 12.0. The molecule has 0 aliphatic carbocycles. The van der Waals surface area contributed by atoms with Crippen molar-refractivity contribution < 1.29 is 43.6 Å². The van der Waals surface area contributed by atoms with E-state index in [9.17, 15) is 24.3 Å². The molecule has 0 atom stereocenters. The minimum atomic E-state index is -0.944. The molecule has 18 nitrogen and oxygen atoms in total. The third-order valence-electron chi connectivity index (χ3n) is 11.5. The smallest absolute Gasteiger partial charge is 0.352 e. The minimum absolute atomic E-state index is 0. The van der Waals surface area contributed by atoms with Gasteiger partial charge in [0.2, 0.25) is 0 Å². The van der Waals surface area contributed by atoms with E-state index < -0.39 is 5.97 Å². The molecule has 3 amide bonds. The van der Waals surface area contributed by atoms with Gasteiger partial charge in [-0.05, 0) is 275 Å². The zero-order valence-corrected chi connectivity index (χ0v) is 59.3. The number of hydrogen-bond donors (Lipinski definition) is 10. The molecule has 86 heavy (non-hydrogen) atoms. The van der Waals surface area contributed by atoms with Crippen LogP contribution in [0.5, 0.6) is 23.0 Å². The number of benzene rings is 4. The fourth-order valence-electron chi connectivity index (χ4n) is 7.22. The summed E-state index contributed by atoms with van der Waals surface area (Å²) in [4.78, 5) is 59.1.